The Morgan fingerprint density at radius 3 is 2.44 bits per heavy atom. The zero-order valence-electron chi connectivity index (χ0n) is 36.9. The van der Waals surface area contributed by atoms with Crippen molar-refractivity contribution in [1.82, 2.24) is 19.9 Å². The number of nitrogens with zero attached hydrogens (tertiary/aromatic N) is 2. The standard InChI is InChI=1S/C49H60FN5O8S/c1-28(2)30-15-17-32(18-16-30)40-26-43(45-44(52-40)38-24-34(50)19-22-42(38)63-45)62-35-25-41(46(51)56)55(27-35)49(59)39(53-47(57)29(3)31-11-9-10-12-31)14-8-6-4-5-7-13-33-23-37(33)48(58)54-64(60,61)36-20-21-36/h7,13,15-19,22,24,26,28-29,31,33,35-37,39,41H,4-6,8-12,14,20-21,23,25,27H2,1-3H3,(H2,51,56)(H,53,57)(H,54,58)/b13-7-/t29?,33-,35-,37+,39+,41+/m1/s1. The van der Waals surface area contributed by atoms with Crippen LogP contribution in [0.1, 0.15) is 116 Å². The number of hydrogen-bond donors (Lipinski definition) is 3. The number of unbranched alkanes of at least 4 members (excludes halogenated alkanes) is 3. The molecule has 2 aromatic carbocycles. The highest BCUT2D eigenvalue weighted by molar-refractivity contribution is 7.90. The van der Waals surface area contributed by atoms with Crippen molar-refractivity contribution in [2.75, 3.05) is 6.54 Å². The lowest BCUT2D eigenvalue weighted by molar-refractivity contribution is -0.141. The average molecular weight is 898 g/mol. The summed E-state index contributed by atoms with van der Waals surface area (Å²) in [6.07, 6.45) is 12.7. The minimum atomic E-state index is -3.56. The first-order valence-corrected chi connectivity index (χ1v) is 24.6. The summed E-state index contributed by atoms with van der Waals surface area (Å²) in [4.78, 5) is 60.1. The third kappa shape index (κ3) is 10.3. The van der Waals surface area contributed by atoms with Gasteiger partial charge in [-0.05, 0) is 92.9 Å². The van der Waals surface area contributed by atoms with Gasteiger partial charge in [-0.2, -0.15) is 0 Å². The van der Waals surface area contributed by atoms with Gasteiger partial charge in [0, 0.05) is 35.3 Å². The minimum absolute atomic E-state index is 0.0248. The monoisotopic (exact) mass is 897 g/mol. The summed E-state index contributed by atoms with van der Waals surface area (Å²) in [5.41, 5.74) is 9.70. The van der Waals surface area contributed by atoms with Gasteiger partial charge in [0.05, 0.1) is 17.5 Å². The molecule has 2 aromatic heterocycles. The van der Waals surface area contributed by atoms with Crippen LogP contribution in [-0.4, -0.2) is 71.9 Å². The number of nitrogens with one attached hydrogen (secondary N) is 2. The van der Waals surface area contributed by atoms with Gasteiger partial charge in [0.1, 0.15) is 35.1 Å². The fourth-order valence-corrected chi connectivity index (χ4v) is 10.8. The van der Waals surface area contributed by atoms with Crippen molar-refractivity contribution < 1.29 is 41.1 Å². The molecule has 4 fully saturated rings. The molecule has 0 bridgehead atoms. The Morgan fingerprint density at radius 2 is 1.73 bits per heavy atom. The topological polar surface area (TPSA) is 191 Å². The van der Waals surface area contributed by atoms with Gasteiger partial charge in [-0.1, -0.05) is 82.9 Å². The Kier molecular flexibility index (Phi) is 13.5. The number of rotatable bonds is 19. The number of hydrogen-bond acceptors (Lipinski definition) is 9. The van der Waals surface area contributed by atoms with Gasteiger partial charge in [0.15, 0.2) is 11.3 Å². The number of nitrogens with two attached hydrogens (primary N) is 1. The lowest BCUT2D eigenvalue weighted by Crippen LogP contribution is -2.54. The molecule has 3 saturated carbocycles. The number of furan rings is 1. The largest absolute Gasteiger partial charge is 0.484 e. The lowest BCUT2D eigenvalue weighted by Gasteiger charge is -2.29. The maximum Gasteiger partial charge on any atom is 0.245 e. The highest BCUT2D eigenvalue weighted by Crippen LogP contribution is 2.41. The SMILES string of the molecule is CC(C)c1ccc(-c2cc(O[C@@H]3C[C@@H](C(N)=O)N(C(=O)[C@H](CCCCC/C=C\[C@@H]4C[C@@H]4C(=O)NS(=O)(=O)C4CC4)NC(=O)C(C)C4CCCC4)C3)c3oc4ccc(F)cc4c3n2)cc1. The highest BCUT2D eigenvalue weighted by atomic mass is 32.2. The summed E-state index contributed by atoms with van der Waals surface area (Å²) < 4.78 is 53.9. The molecule has 8 rings (SSSR count). The van der Waals surface area contributed by atoms with Gasteiger partial charge < -0.3 is 25.1 Å². The second-order valence-corrected chi connectivity index (χ2v) is 20.7. The molecule has 64 heavy (non-hydrogen) atoms. The number of amides is 4. The number of ether oxygens (including phenoxy) is 1. The molecule has 1 saturated heterocycles. The predicted molar refractivity (Wildman–Crippen MR) is 242 cm³/mol. The Morgan fingerprint density at radius 1 is 0.984 bits per heavy atom. The van der Waals surface area contributed by atoms with Crippen LogP contribution in [0.3, 0.4) is 0 Å². The van der Waals surface area contributed by atoms with Crippen LogP contribution in [0.15, 0.2) is 65.1 Å². The van der Waals surface area contributed by atoms with Gasteiger partial charge in [0.25, 0.3) is 0 Å². The molecule has 3 heterocycles. The fourth-order valence-electron chi connectivity index (χ4n) is 9.42. The molecule has 6 atom stereocenters. The molecule has 4 aliphatic rings. The number of allylic oxidation sites excluding steroid dienone is 2. The van der Waals surface area contributed by atoms with Gasteiger partial charge in [-0.15, -0.1) is 0 Å². The summed E-state index contributed by atoms with van der Waals surface area (Å²) in [6.45, 7) is 6.18. The summed E-state index contributed by atoms with van der Waals surface area (Å²) >= 11 is 0. The summed E-state index contributed by atoms with van der Waals surface area (Å²) in [6, 6.07) is 12.2. The predicted octanol–water partition coefficient (Wildman–Crippen LogP) is 7.81. The van der Waals surface area contributed by atoms with Crippen molar-refractivity contribution in [1.29, 1.82) is 0 Å². The molecular formula is C49H60FN5O8S. The maximum atomic E-state index is 14.6. The van der Waals surface area contributed by atoms with Gasteiger partial charge in [0.2, 0.25) is 33.7 Å². The first-order valence-electron chi connectivity index (χ1n) is 23.1. The van der Waals surface area contributed by atoms with Gasteiger partial charge >= 0.3 is 0 Å². The molecule has 1 unspecified atom stereocenters. The first kappa shape index (κ1) is 45.3. The summed E-state index contributed by atoms with van der Waals surface area (Å²) in [5, 5.41) is 3.12. The van der Waals surface area contributed by atoms with Gasteiger partial charge in [-0.3, -0.25) is 23.9 Å². The van der Waals surface area contributed by atoms with Crippen molar-refractivity contribution in [3.8, 4) is 17.0 Å². The molecule has 4 aromatic rings. The molecule has 0 spiro atoms. The molecular weight excluding hydrogens is 838 g/mol. The minimum Gasteiger partial charge on any atom is -0.484 e. The van der Waals surface area contributed by atoms with Crippen LogP contribution in [0.5, 0.6) is 5.75 Å². The van der Waals surface area contributed by atoms with Crippen molar-refractivity contribution in [3.05, 3.63) is 72.1 Å². The lowest BCUT2D eigenvalue weighted by atomic mass is 9.91. The van der Waals surface area contributed by atoms with E-state index in [1.807, 2.05) is 43.3 Å². The van der Waals surface area contributed by atoms with E-state index < -0.39 is 57.0 Å². The van der Waals surface area contributed by atoms with Crippen LogP contribution in [0.2, 0.25) is 0 Å². The van der Waals surface area contributed by atoms with E-state index in [4.69, 9.17) is 19.9 Å². The Balaban J connectivity index is 0.950. The van der Waals surface area contributed by atoms with E-state index in [2.05, 4.69) is 23.9 Å². The van der Waals surface area contributed by atoms with E-state index in [1.54, 1.807) is 12.1 Å². The molecule has 3 aliphatic carbocycles. The van der Waals surface area contributed by atoms with E-state index in [9.17, 15) is 32.0 Å². The zero-order valence-corrected chi connectivity index (χ0v) is 37.7. The van der Waals surface area contributed by atoms with Crippen molar-refractivity contribution >= 4 is 55.7 Å². The highest BCUT2D eigenvalue weighted by Gasteiger charge is 2.45. The normalized spacial score (nSPS) is 22.4. The number of primary amides is 1. The molecule has 1 aliphatic heterocycles. The molecule has 4 amide bonds. The zero-order chi connectivity index (χ0) is 45.3. The number of carbonyl (C=O) groups excluding carboxylic acids is 4. The van der Waals surface area contributed by atoms with Crippen LogP contribution >= 0.6 is 0 Å². The van der Waals surface area contributed by atoms with E-state index in [0.717, 1.165) is 56.1 Å². The molecule has 0 radical (unpaired) electrons. The van der Waals surface area contributed by atoms with Crippen LogP contribution in [0, 0.1) is 29.5 Å². The molecule has 4 N–H and O–H groups in total. The van der Waals surface area contributed by atoms with Crippen molar-refractivity contribution in [2.24, 2.45) is 29.4 Å². The summed E-state index contributed by atoms with van der Waals surface area (Å²) in [7, 11) is -3.56. The quantitative estimate of drug-likeness (QED) is 0.0623. The number of carbonyl (C=O) groups is 4. The smallest absolute Gasteiger partial charge is 0.245 e. The second kappa shape index (κ2) is 19.0. The van der Waals surface area contributed by atoms with Crippen molar-refractivity contribution in [3.63, 3.8) is 0 Å². The first-order chi connectivity index (χ1) is 30.7. The number of sulfonamides is 1. The summed E-state index contributed by atoms with van der Waals surface area (Å²) in [5.74, 6) is -1.77. The third-order valence-corrected chi connectivity index (χ3v) is 15.5. The van der Waals surface area contributed by atoms with E-state index in [0.29, 0.717) is 71.5 Å². The maximum absolute atomic E-state index is 14.6. The number of pyridine rings is 1. The molecule has 342 valence electrons. The third-order valence-electron chi connectivity index (χ3n) is 13.7. The van der Waals surface area contributed by atoms with Crippen LogP contribution in [0.25, 0.3) is 33.3 Å². The average Bonchev–Trinajstić information content (AvgIpc) is 4.13. The van der Waals surface area contributed by atoms with E-state index in [1.165, 1.54) is 17.0 Å². The van der Waals surface area contributed by atoms with E-state index in [-0.39, 0.29) is 42.5 Å². The molecule has 13 nitrogen and oxygen atoms in total. The van der Waals surface area contributed by atoms with Gasteiger partial charge in [-0.25, -0.2) is 17.8 Å². The second-order valence-electron chi connectivity index (χ2n) is 18.8. The number of aromatic nitrogens is 1. The van der Waals surface area contributed by atoms with Crippen molar-refractivity contribution in [2.45, 2.75) is 134 Å². The van der Waals surface area contributed by atoms with Crippen LogP contribution < -0.4 is 20.5 Å². The molecule has 15 heteroatoms. The van der Waals surface area contributed by atoms with Crippen LogP contribution in [-0.2, 0) is 29.2 Å². The Labute approximate surface area is 374 Å². The van der Waals surface area contributed by atoms with Crippen LogP contribution in [0.4, 0.5) is 4.39 Å². The number of benzene rings is 2. The van der Waals surface area contributed by atoms with E-state index >= 15 is 0 Å². The number of fused-ring (bicyclic) bond motifs is 3. The number of likely N-dealkylation sites (tertiary alicyclic amines) is 1. The Hall–Kier alpha value is -5.31. The fraction of sp³-hybridized carbons (Fsp3) is 0.531. The number of halogens is 1. The Bertz CT molecular complexity index is 2530.